The molecule has 1 rings (SSSR count). The maximum absolute atomic E-state index is 10.7. The molecule has 1 aromatic heterocycles. The summed E-state index contributed by atoms with van der Waals surface area (Å²) in [6, 6.07) is 0. The van der Waals surface area contributed by atoms with Gasteiger partial charge in [-0.05, 0) is 12.8 Å². The van der Waals surface area contributed by atoms with Crippen molar-refractivity contribution in [2.24, 2.45) is 13.0 Å². The third-order valence-electron chi connectivity index (χ3n) is 2.48. The largest absolute Gasteiger partial charge is 0.481 e. The van der Waals surface area contributed by atoms with Crippen molar-refractivity contribution in [1.82, 2.24) is 9.55 Å². The predicted molar refractivity (Wildman–Crippen MR) is 52.9 cm³/mol. The minimum Gasteiger partial charge on any atom is -0.481 e. The van der Waals surface area contributed by atoms with E-state index in [2.05, 4.69) is 4.98 Å². The van der Waals surface area contributed by atoms with Crippen LogP contribution in [0.1, 0.15) is 25.6 Å². The average molecular weight is 196 g/mol. The van der Waals surface area contributed by atoms with Crippen molar-refractivity contribution in [2.45, 2.75) is 26.2 Å². The molecule has 1 unspecified atom stereocenters. The van der Waals surface area contributed by atoms with E-state index in [1.54, 1.807) is 6.20 Å². The van der Waals surface area contributed by atoms with E-state index in [-0.39, 0.29) is 5.92 Å². The molecule has 0 saturated heterocycles. The van der Waals surface area contributed by atoms with Gasteiger partial charge in [-0.25, -0.2) is 4.98 Å². The van der Waals surface area contributed by atoms with Crippen molar-refractivity contribution >= 4 is 5.97 Å². The Morgan fingerprint density at radius 3 is 2.86 bits per heavy atom. The monoisotopic (exact) mass is 196 g/mol. The number of carbonyl (C=O) groups is 1. The predicted octanol–water partition coefficient (Wildman–Crippen LogP) is 1.46. The topological polar surface area (TPSA) is 55.1 Å². The molecule has 0 fully saturated rings. The molecular formula is C10H16N2O2. The van der Waals surface area contributed by atoms with Gasteiger partial charge in [0.1, 0.15) is 5.82 Å². The Hall–Kier alpha value is -1.32. The Morgan fingerprint density at radius 2 is 2.43 bits per heavy atom. The molecule has 4 heteroatoms. The summed E-state index contributed by atoms with van der Waals surface area (Å²) in [6.07, 6.45) is 5.68. The van der Waals surface area contributed by atoms with Crippen molar-refractivity contribution in [2.75, 3.05) is 0 Å². The Balaban J connectivity index is 2.47. The second-order valence-electron chi connectivity index (χ2n) is 3.44. The highest BCUT2D eigenvalue weighted by Crippen LogP contribution is 2.11. The Kier molecular flexibility index (Phi) is 3.68. The van der Waals surface area contributed by atoms with Crippen molar-refractivity contribution in [1.29, 1.82) is 0 Å². The third kappa shape index (κ3) is 2.58. The van der Waals surface area contributed by atoms with Crippen LogP contribution < -0.4 is 0 Å². The molecule has 0 aliphatic heterocycles. The van der Waals surface area contributed by atoms with Gasteiger partial charge in [0.25, 0.3) is 0 Å². The molecule has 4 nitrogen and oxygen atoms in total. The highest BCUT2D eigenvalue weighted by Gasteiger charge is 2.15. The molecule has 1 N–H and O–H groups in total. The van der Waals surface area contributed by atoms with Crippen LogP contribution in [-0.2, 0) is 18.3 Å². The normalized spacial score (nSPS) is 12.7. The lowest BCUT2D eigenvalue weighted by molar-refractivity contribution is -0.142. The summed E-state index contributed by atoms with van der Waals surface area (Å²) in [6.45, 7) is 1.90. The standard InChI is InChI=1S/C10H16N2O2/c1-3-8(10(13)14)4-5-9-11-6-7-12(9)2/h6-8H,3-5H2,1-2H3,(H,13,14). The van der Waals surface area contributed by atoms with Crippen molar-refractivity contribution in [3.8, 4) is 0 Å². The molecule has 0 bridgehead atoms. The summed E-state index contributed by atoms with van der Waals surface area (Å²) in [4.78, 5) is 14.9. The minimum absolute atomic E-state index is 0.244. The van der Waals surface area contributed by atoms with Gasteiger partial charge in [-0.2, -0.15) is 0 Å². The molecule has 78 valence electrons. The number of carboxylic acids is 1. The molecule has 0 amide bonds. The Morgan fingerprint density at radius 1 is 1.71 bits per heavy atom. The second-order valence-corrected chi connectivity index (χ2v) is 3.44. The molecular weight excluding hydrogens is 180 g/mol. The summed E-state index contributed by atoms with van der Waals surface area (Å²) < 4.78 is 1.93. The first kappa shape index (κ1) is 10.8. The molecule has 0 aromatic carbocycles. The lowest BCUT2D eigenvalue weighted by Crippen LogP contribution is -2.14. The van der Waals surface area contributed by atoms with Gasteiger partial charge >= 0.3 is 5.97 Å². The van der Waals surface area contributed by atoms with E-state index in [9.17, 15) is 4.79 Å². The molecule has 0 saturated carbocycles. The van der Waals surface area contributed by atoms with Gasteiger partial charge in [0.05, 0.1) is 5.92 Å². The molecule has 0 radical (unpaired) electrons. The van der Waals surface area contributed by atoms with Crippen LogP contribution in [0, 0.1) is 5.92 Å². The van der Waals surface area contributed by atoms with Crippen LogP contribution in [0.25, 0.3) is 0 Å². The maximum Gasteiger partial charge on any atom is 0.306 e. The number of imidazole rings is 1. The van der Waals surface area contributed by atoms with Crippen molar-refractivity contribution in [3.05, 3.63) is 18.2 Å². The van der Waals surface area contributed by atoms with Gasteiger partial charge in [-0.1, -0.05) is 6.92 Å². The van der Waals surface area contributed by atoms with E-state index >= 15 is 0 Å². The number of carboxylic acid groups (broad SMARTS) is 1. The lowest BCUT2D eigenvalue weighted by atomic mass is 10.0. The summed E-state index contributed by atoms with van der Waals surface area (Å²) in [5.74, 6) is -0.00175. The number of nitrogens with zero attached hydrogens (tertiary/aromatic N) is 2. The van der Waals surface area contributed by atoms with E-state index in [0.29, 0.717) is 12.8 Å². The van der Waals surface area contributed by atoms with Gasteiger partial charge in [0.2, 0.25) is 0 Å². The first-order valence-electron chi connectivity index (χ1n) is 4.84. The highest BCUT2D eigenvalue weighted by atomic mass is 16.4. The molecule has 1 heterocycles. The van der Waals surface area contributed by atoms with Crippen LogP contribution in [0.4, 0.5) is 0 Å². The van der Waals surface area contributed by atoms with Gasteiger partial charge in [-0.15, -0.1) is 0 Å². The minimum atomic E-state index is -0.707. The summed E-state index contributed by atoms with van der Waals surface area (Å²) in [5, 5.41) is 8.84. The average Bonchev–Trinajstić information content (AvgIpc) is 2.52. The molecule has 1 atom stereocenters. The Labute approximate surface area is 83.6 Å². The van der Waals surface area contributed by atoms with Crippen LogP contribution in [-0.4, -0.2) is 20.6 Å². The number of aromatic nitrogens is 2. The van der Waals surface area contributed by atoms with Gasteiger partial charge in [0.15, 0.2) is 0 Å². The van der Waals surface area contributed by atoms with Crippen molar-refractivity contribution in [3.63, 3.8) is 0 Å². The first-order valence-corrected chi connectivity index (χ1v) is 4.84. The summed E-state index contributed by atoms with van der Waals surface area (Å²) in [7, 11) is 1.92. The van der Waals surface area contributed by atoms with E-state index in [4.69, 9.17) is 5.11 Å². The second kappa shape index (κ2) is 4.79. The fraction of sp³-hybridized carbons (Fsp3) is 0.600. The van der Waals surface area contributed by atoms with E-state index in [1.807, 2.05) is 24.7 Å². The van der Waals surface area contributed by atoms with Crippen molar-refractivity contribution < 1.29 is 9.90 Å². The van der Waals surface area contributed by atoms with E-state index < -0.39 is 5.97 Å². The van der Waals surface area contributed by atoms with Crippen LogP contribution in [0.2, 0.25) is 0 Å². The van der Waals surface area contributed by atoms with Crippen LogP contribution in [0.15, 0.2) is 12.4 Å². The number of hydrogen-bond acceptors (Lipinski definition) is 2. The zero-order valence-electron chi connectivity index (χ0n) is 8.60. The number of aryl methyl sites for hydroxylation is 2. The molecule has 14 heavy (non-hydrogen) atoms. The van der Waals surface area contributed by atoms with Gasteiger partial charge < -0.3 is 9.67 Å². The number of rotatable bonds is 5. The first-order chi connectivity index (χ1) is 6.65. The molecule has 1 aromatic rings. The van der Waals surface area contributed by atoms with Gasteiger partial charge in [-0.3, -0.25) is 4.79 Å². The quantitative estimate of drug-likeness (QED) is 0.775. The number of aliphatic carboxylic acids is 1. The summed E-state index contributed by atoms with van der Waals surface area (Å²) in [5.41, 5.74) is 0. The van der Waals surface area contributed by atoms with Crippen LogP contribution in [0.3, 0.4) is 0 Å². The van der Waals surface area contributed by atoms with E-state index in [1.165, 1.54) is 0 Å². The van der Waals surface area contributed by atoms with Gasteiger partial charge in [0, 0.05) is 25.9 Å². The molecule has 0 aliphatic rings. The SMILES string of the molecule is CCC(CCc1nccn1C)C(=O)O. The van der Waals surface area contributed by atoms with Crippen LogP contribution in [0.5, 0.6) is 0 Å². The summed E-state index contributed by atoms with van der Waals surface area (Å²) >= 11 is 0. The smallest absolute Gasteiger partial charge is 0.306 e. The number of hydrogen-bond donors (Lipinski definition) is 1. The highest BCUT2D eigenvalue weighted by molar-refractivity contribution is 5.69. The fourth-order valence-electron chi connectivity index (χ4n) is 1.44. The zero-order chi connectivity index (χ0) is 10.6. The Bertz CT molecular complexity index is 307. The van der Waals surface area contributed by atoms with E-state index in [0.717, 1.165) is 12.2 Å². The van der Waals surface area contributed by atoms with Crippen LogP contribution >= 0.6 is 0 Å². The lowest BCUT2D eigenvalue weighted by Gasteiger charge is -2.08. The third-order valence-corrected chi connectivity index (χ3v) is 2.48. The fourth-order valence-corrected chi connectivity index (χ4v) is 1.44. The maximum atomic E-state index is 10.7. The molecule has 0 spiro atoms. The molecule has 0 aliphatic carbocycles. The zero-order valence-corrected chi connectivity index (χ0v) is 8.60.